The zero-order chi connectivity index (χ0) is 15.2. The van der Waals surface area contributed by atoms with Crippen molar-refractivity contribution >= 4 is 0 Å². The van der Waals surface area contributed by atoms with E-state index in [0.717, 1.165) is 16.9 Å². The fraction of sp³-hybridized carbons (Fsp3) is 0.294. The first kappa shape index (κ1) is 15.2. The summed E-state index contributed by atoms with van der Waals surface area (Å²) < 4.78 is 10.5. The number of methoxy groups -OCH3 is 2. The van der Waals surface area contributed by atoms with Gasteiger partial charge in [0.1, 0.15) is 5.75 Å². The maximum absolute atomic E-state index is 9.85. The smallest absolute Gasteiger partial charge is 0.161 e. The van der Waals surface area contributed by atoms with Gasteiger partial charge in [-0.3, -0.25) is 0 Å². The predicted molar refractivity (Wildman–Crippen MR) is 82.9 cm³/mol. The van der Waals surface area contributed by atoms with E-state index in [1.165, 1.54) is 0 Å². The maximum Gasteiger partial charge on any atom is 0.161 e. The van der Waals surface area contributed by atoms with Crippen LogP contribution in [0.4, 0.5) is 0 Å². The Morgan fingerprint density at radius 2 is 1.76 bits per heavy atom. The summed E-state index contributed by atoms with van der Waals surface area (Å²) in [4.78, 5) is 0. The van der Waals surface area contributed by atoms with Crippen LogP contribution in [0.25, 0.3) is 0 Å². The summed E-state index contributed by atoms with van der Waals surface area (Å²) in [5.41, 5.74) is 1.98. The molecule has 112 valence electrons. The first-order valence-electron chi connectivity index (χ1n) is 6.88. The second-order valence-electron chi connectivity index (χ2n) is 4.85. The molecule has 0 bridgehead atoms. The third-order valence-corrected chi connectivity index (χ3v) is 3.46. The summed E-state index contributed by atoms with van der Waals surface area (Å²) >= 11 is 0. The Hall–Kier alpha value is -2.20. The Morgan fingerprint density at radius 3 is 2.43 bits per heavy atom. The molecule has 2 aromatic carbocycles. The molecule has 0 saturated heterocycles. The molecule has 0 saturated carbocycles. The first-order valence-corrected chi connectivity index (χ1v) is 6.88. The Bertz CT molecular complexity index is 598. The summed E-state index contributed by atoms with van der Waals surface area (Å²) in [7, 11) is 3.25. The Kier molecular flexibility index (Phi) is 5.06. The third-order valence-electron chi connectivity index (χ3n) is 3.46. The molecule has 0 spiro atoms. The maximum atomic E-state index is 9.85. The lowest BCUT2D eigenvalue weighted by Crippen LogP contribution is -2.18. The van der Waals surface area contributed by atoms with Crippen LogP contribution in [0.3, 0.4) is 0 Å². The van der Waals surface area contributed by atoms with Gasteiger partial charge in [-0.2, -0.15) is 0 Å². The van der Waals surface area contributed by atoms with Crippen molar-refractivity contribution in [2.75, 3.05) is 14.2 Å². The SMILES string of the molecule is COc1ccc(CNC(C)c2ccccc2O)cc1OC. The van der Waals surface area contributed by atoms with Crippen molar-refractivity contribution < 1.29 is 14.6 Å². The highest BCUT2D eigenvalue weighted by molar-refractivity contribution is 5.43. The van der Waals surface area contributed by atoms with Crippen LogP contribution in [0.15, 0.2) is 42.5 Å². The average Bonchev–Trinajstić information content (AvgIpc) is 2.52. The number of ether oxygens (including phenoxy) is 2. The van der Waals surface area contributed by atoms with Gasteiger partial charge in [0.05, 0.1) is 14.2 Å². The van der Waals surface area contributed by atoms with Gasteiger partial charge in [-0.25, -0.2) is 0 Å². The normalized spacial score (nSPS) is 12.0. The van der Waals surface area contributed by atoms with E-state index >= 15 is 0 Å². The lowest BCUT2D eigenvalue weighted by molar-refractivity contribution is 0.354. The van der Waals surface area contributed by atoms with Gasteiger partial charge in [-0.15, -0.1) is 0 Å². The van der Waals surface area contributed by atoms with Gasteiger partial charge in [0.15, 0.2) is 11.5 Å². The molecule has 4 heteroatoms. The second-order valence-corrected chi connectivity index (χ2v) is 4.85. The molecule has 1 atom stereocenters. The van der Waals surface area contributed by atoms with Crippen LogP contribution in [0.2, 0.25) is 0 Å². The fourth-order valence-corrected chi connectivity index (χ4v) is 2.23. The molecular formula is C17H21NO3. The van der Waals surface area contributed by atoms with Gasteiger partial charge in [0.25, 0.3) is 0 Å². The van der Waals surface area contributed by atoms with Gasteiger partial charge in [0.2, 0.25) is 0 Å². The summed E-state index contributed by atoms with van der Waals surface area (Å²) in [6.07, 6.45) is 0. The molecule has 2 aromatic rings. The van der Waals surface area contributed by atoms with Gasteiger partial charge in [0, 0.05) is 18.2 Å². The molecule has 0 aliphatic heterocycles. The molecule has 0 aliphatic carbocycles. The zero-order valence-electron chi connectivity index (χ0n) is 12.6. The number of para-hydroxylation sites is 1. The first-order chi connectivity index (χ1) is 10.2. The molecule has 1 unspecified atom stereocenters. The molecule has 0 aromatic heterocycles. The summed E-state index contributed by atoms with van der Waals surface area (Å²) in [6.45, 7) is 2.70. The molecular weight excluding hydrogens is 266 g/mol. The van der Waals surface area contributed by atoms with Gasteiger partial charge < -0.3 is 19.9 Å². The number of phenolic OH excluding ortho intramolecular Hbond substituents is 1. The molecule has 0 heterocycles. The fourth-order valence-electron chi connectivity index (χ4n) is 2.23. The van der Waals surface area contributed by atoms with E-state index in [0.29, 0.717) is 18.0 Å². The zero-order valence-corrected chi connectivity index (χ0v) is 12.6. The standard InChI is InChI=1S/C17H21NO3/c1-12(14-6-4-5-7-15(14)19)18-11-13-8-9-16(20-2)17(10-13)21-3/h4-10,12,18-19H,11H2,1-3H3. The van der Waals surface area contributed by atoms with Crippen LogP contribution in [-0.4, -0.2) is 19.3 Å². The molecule has 2 rings (SSSR count). The van der Waals surface area contributed by atoms with Gasteiger partial charge in [-0.05, 0) is 30.7 Å². The van der Waals surface area contributed by atoms with Crippen molar-refractivity contribution in [3.8, 4) is 17.2 Å². The molecule has 0 amide bonds. The number of phenols is 1. The van der Waals surface area contributed by atoms with E-state index in [1.54, 1.807) is 20.3 Å². The topological polar surface area (TPSA) is 50.7 Å². The van der Waals surface area contributed by atoms with Crippen molar-refractivity contribution in [3.63, 3.8) is 0 Å². The van der Waals surface area contributed by atoms with Gasteiger partial charge in [-0.1, -0.05) is 24.3 Å². The van der Waals surface area contributed by atoms with Crippen LogP contribution in [-0.2, 0) is 6.54 Å². The highest BCUT2D eigenvalue weighted by atomic mass is 16.5. The Morgan fingerprint density at radius 1 is 1.05 bits per heavy atom. The van der Waals surface area contributed by atoms with Crippen molar-refractivity contribution in [1.82, 2.24) is 5.32 Å². The Balaban J connectivity index is 2.04. The third kappa shape index (κ3) is 3.67. The monoisotopic (exact) mass is 287 g/mol. The van der Waals surface area contributed by atoms with E-state index in [2.05, 4.69) is 5.32 Å². The number of rotatable bonds is 6. The highest BCUT2D eigenvalue weighted by Gasteiger charge is 2.10. The van der Waals surface area contributed by atoms with Gasteiger partial charge >= 0.3 is 0 Å². The quantitative estimate of drug-likeness (QED) is 0.856. The van der Waals surface area contributed by atoms with Crippen LogP contribution in [0, 0.1) is 0 Å². The van der Waals surface area contributed by atoms with E-state index in [-0.39, 0.29) is 6.04 Å². The van der Waals surface area contributed by atoms with Crippen molar-refractivity contribution in [3.05, 3.63) is 53.6 Å². The second kappa shape index (κ2) is 6.99. The lowest BCUT2D eigenvalue weighted by atomic mass is 10.1. The van der Waals surface area contributed by atoms with Crippen molar-refractivity contribution in [1.29, 1.82) is 0 Å². The van der Waals surface area contributed by atoms with Crippen molar-refractivity contribution in [2.45, 2.75) is 19.5 Å². The molecule has 21 heavy (non-hydrogen) atoms. The number of benzene rings is 2. The number of aromatic hydroxyl groups is 1. The van der Waals surface area contributed by atoms with E-state index in [9.17, 15) is 5.11 Å². The molecule has 0 radical (unpaired) electrons. The molecule has 0 fully saturated rings. The van der Waals surface area contributed by atoms with E-state index < -0.39 is 0 Å². The average molecular weight is 287 g/mol. The highest BCUT2D eigenvalue weighted by Crippen LogP contribution is 2.28. The summed E-state index contributed by atoms with van der Waals surface area (Å²) in [5, 5.41) is 13.2. The largest absolute Gasteiger partial charge is 0.508 e. The number of nitrogens with one attached hydrogen (secondary N) is 1. The molecule has 0 aliphatic rings. The summed E-state index contributed by atoms with van der Waals surface area (Å²) in [6, 6.07) is 13.2. The summed E-state index contributed by atoms with van der Waals surface area (Å²) in [5.74, 6) is 1.74. The van der Waals surface area contributed by atoms with E-state index in [1.807, 2.05) is 43.3 Å². The van der Waals surface area contributed by atoms with Crippen LogP contribution >= 0.6 is 0 Å². The van der Waals surface area contributed by atoms with E-state index in [4.69, 9.17) is 9.47 Å². The number of hydrogen-bond acceptors (Lipinski definition) is 4. The minimum absolute atomic E-state index is 0.0549. The van der Waals surface area contributed by atoms with Crippen molar-refractivity contribution in [2.24, 2.45) is 0 Å². The predicted octanol–water partition coefficient (Wildman–Crippen LogP) is 3.26. The van der Waals surface area contributed by atoms with Crippen LogP contribution < -0.4 is 14.8 Å². The molecule has 4 nitrogen and oxygen atoms in total. The Labute approximate surface area is 125 Å². The minimum Gasteiger partial charge on any atom is -0.508 e. The van der Waals surface area contributed by atoms with Crippen LogP contribution in [0.1, 0.15) is 24.1 Å². The minimum atomic E-state index is 0.0549. The van der Waals surface area contributed by atoms with Crippen LogP contribution in [0.5, 0.6) is 17.2 Å². The number of hydrogen-bond donors (Lipinski definition) is 2. The lowest BCUT2D eigenvalue weighted by Gasteiger charge is -2.16. The molecule has 2 N–H and O–H groups in total.